The average Bonchev–Trinajstić information content (AvgIpc) is 3.51. The first kappa shape index (κ1) is 28.1. The Morgan fingerprint density at radius 2 is 1.64 bits per heavy atom. The van der Waals surface area contributed by atoms with Crippen molar-refractivity contribution >= 4 is 34.8 Å². The lowest BCUT2D eigenvalue weighted by Gasteiger charge is -2.37. The van der Waals surface area contributed by atoms with E-state index in [-0.39, 0.29) is 34.2 Å². The molecule has 0 radical (unpaired) electrons. The Balaban J connectivity index is 1.37. The molecule has 0 saturated carbocycles. The Bertz CT molecular complexity index is 1660. The highest BCUT2D eigenvalue weighted by atomic mass is 16.6. The number of furan rings is 1. The van der Waals surface area contributed by atoms with Gasteiger partial charge in [-0.2, -0.15) is 0 Å². The van der Waals surface area contributed by atoms with Crippen molar-refractivity contribution in [2.24, 2.45) is 0 Å². The summed E-state index contributed by atoms with van der Waals surface area (Å²) in [6.45, 7) is 3.69. The summed E-state index contributed by atoms with van der Waals surface area (Å²) in [6, 6.07) is 21.6. The summed E-state index contributed by atoms with van der Waals surface area (Å²) >= 11 is 0. The van der Waals surface area contributed by atoms with E-state index in [9.17, 15) is 24.5 Å². The summed E-state index contributed by atoms with van der Waals surface area (Å²) in [7, 11) is 1.27. The summed E-state index contributed by atoms with van der Waals surface area (Å²) < 4.78 is 10.6. The van der Waals surface area contributed by atoms with Crippen LogP contribution in [0.3, 0.4) is 0 Å². The number of nitrogens with one attached hydrogen (secondary N) is 1. The first-order chi connectivity index (χ1) is 20.2. The predicted molar refractivity (Wildman–Crippen MR) is 156 cm³/mol. The zero-order valence-electron chi connectivity index (χ0n) is 23.0. The van der Waals surface area contributed by atoms with Crippen LogP contribution in [0, 0.1) is 17.0 Å². The molecule has 42 heavy (non-hydrogen) atoms. The molecule has 0 unspecified atom stereocenters. The Morgan fingerprint density at radius 1 is 0.905 bits per heavy atom. The largest absolute Gasteiger partial charge is 0.465 e. The highest BCUT2D eigenvalue weighted by Crippen LogP contribution is 2.33. The number of hydrogen-bond acceptors (Lipinski definition) is 8. The van der Waals surface area contributed by atoms with Crippen LogP contribution >= 0.6 is 0 Å². The number of ether oxygens (including phenoxy) is 1. The van der Waals surface area contributed by atoms with E-state index in [1.54, 1.807) is 48.2 Å². The molecule has 1 saturated heterocycles. The summed E-state index contributed by atoms with van der Waals surface area (Å²) in [5.74, 6) is -1.10. The lowest BCUT2D eigenvalue weighted by molar-refractivity contribution is -0.384. The molecule has 214 valence electrons. The van der Waals surface area contributed by atoms with Gasteiger partial charge in [0, 0.05) is 37.8 Å². The van der Waals surface area contributed by atoms with E-state index in [1.807, 2.05) is 23.1 Å². The van der Waals surface area contributed by atoms with Crippen molar-refractivity contribution in [3.05, 3.63) is 111 Å². The van der Waals surface area contributed by atoms with Crippen molar-refractivity contribution in [2.75, 3.05) is 43.5 Å². The van der Waals surface area contributed by atoms with Crippen molar-refractivity contribution in [3.8, 4) is 11.3 Å². The second-order valence-corrected chi connectivity index (χ2v) is 9.76. The number of hydrogen-bond donors (Lipinski definition) is 1. The van der Waals surface area contributed by atoms with Gasteiger partial charge in [0.2, 0.25) is 0 Å². The van der Waals surface area contributed by atoms with Gasteiger partial charge in [-0.1, -0.05) is 24.3 Å². The van der Waals surface area contributed by atoms with Crippen LogP contribution in [-0.2, 0) is 4.74 Å². The Morgan fingerprint density at radius 3 is 2.33 bits per heavy atom. The molecule has 0 bridgehead atoms. The first-order valence-electron chi connectivity index (χ1n) is 13.2. The minimum absolute atomic E-state index is 0.0488. The molecule has 2 amide bonds. The molecule has 3 aromatic carbocycles. The van der Waals surface area contributed by atoms with Gasteiger partial charge in [0.25, 0.3) is 17.5 Å². The van der Waals surface area contributed by atoms with Crippen LogP contribution in [0.5, 0.6) is 0 Å². The number of carbonyl (C=O) groups excluding carboxylic acids is 3. The van der Waals surface area contributed by atoms with Crippen LogP contribution < -0.4 is 10.2 Å². The van der Waals surface area contributed by atoms with Gasteiger partial charge in [0.15, 0.2) is 5.76 Å². The summed E-state index contributed by atoms with van der Waals surface area (Å²) in [5.41, 5.74) is 2.71. The lowest BCUT2D eigenvalue weighted by atomic mass is 10.1. The van der Waals surface area contributed by atoms with Crippen LogP contribution in [0.15, 0.2) is 83.3 Å². The van der Waals surface area contributed by atoms with Crippen LogP contribution in [0.4, 0.5) is 17.1 Å². The number of amides is 2. The number of nitrogens with zero attached hydrogens (tertiary/aromatic N) is 3. The molecule has 1 fully saturated rings. The maximum atomic E-state index is 13.3. The number of methoxy groups -OCH3 is 1. The highest BCUT2D eigenvalue weighted by Gasteiger charge is 2.26. The summed E-state index contributed by atoms with van der Waals surface area (Å²) in [6.07, 6.45) is 0. The monoisotopic (exact) mass is 568 g/mol. The molecule has 11 nitrogen and oxygen atoms in total. The van der Waals surface area contributed by atoms with Gasteiger partial charge in [-0.15, -0.1) is 0 Å². The highest BCUT2D eigenvalue weighted by molar-refractivity contribution is 6.05. The molecule has 0 spiro atoms. The van der Waals surface area contributed by atoms with Gasteiger partial charge in [-0.3, -0.25) is 19.7 Å². The molecule has 4 aromatic rings. The van der Waals surface area contributed by atoms with Gasteiger partial charge in [-0.05, 0) is 61.0 Å². The van der Waals surface area contributed by atoms with Crippen molar-refractivity contribution in [1.82, 2.24) is 4.90 Å². The van der Waals surface area contributed by atoms with Gasteiger partial charge in [-0.25, -0.2) is 4.79 Å². The third-order valence-electron chi connectivity index (χ3n) is 7.04. The third-order valence-corrected chi connectivity index (χ3v) is 7.04. The van der Waals surface area contributed by atoms with E-state index >= 15 is 0 Å². The quantitative estimate of drug-likeness (QED) is 0.183. The smallest absolute Gasteiger partial charge is 0.337 e. The van der Waals surface area contributed by atoms with Crippen molar-refractivity contribution in [2.45, 2.75) is 6.92 Å². The van der Waals surface area contributed by atoms with E-state index in [0.29, 0.717) is 43.1 Å². The van der Waals surface area contributed by atoms with Gasteiger partial charge in [0.1, 0.15) is 5.76 Å². The number of benzene rings is 3. The minimum Gasteiger partial charge on any atom is -0.465 e. The number of piperazine rings is 1. The maximum absolute atomic E-state index is 13.3. The van der Waals surface area contributed by atoms with E-state index in [2.05, 4.69) is 5.32 Å². The number of rotatable bonds is 7. The zero-order chi connectivity index (χ0) is 29.8. The number of nitro benzene ring substituents is 1. The summed E-state index contributed by atoms with van der Waals surface area (Å²) in [5, 5.41) is 14.4. The topological polar surface area (TPSA) is 135 Å². The molecular formula is C31H28N4O7. The lowest BCUT2D eigenvalue weighted by Crippen LogP contribution is -2.49. The van der Waals surface area contributed by atoms with E-state index in [1.165, 1.54) is 31.4 Å². The molecule has 0 aliphatic carbocycles. The third kappa shape index (κ3) is 5.85. The SMILES string of the molecule is COC(=O)c1ccc(N2CCN(C(=O)c3ccccc3)CC2)c(NC(=O)c2ccc(-c3ccc(C)cc3[N+](=O)[O-])o2)c1. The number of aryl methyl sites for hydroxylation is 1. The van der Waals surface area contributed by atoms with Crippen molar-refractivity contribution in [3.63, 3.8) is 0 Å². The Kier molecular flexibility index (Phi) is 8.00. The number of anilines is 2. The zero-order valence-corrected chi connectivity index (χ0v) is 23.0. The average molecular weight is 569 g/mol. The predicted octanol–water partition coefficient (Wildman–Crippen LogP) is 5.16. The Labute approximate surface area is 241 Å². The minimum atomic E-state index is -0.600. The number of esters is 1. The fourth-order valence-electron chi connectivity index (χ4n) is 4.86. The Hall–Kier alpha value is -5.45. The van der Waals surface area contributed by atoms with Crippen molar-refractivity contribution < 1.29 is 28.5 Å². The van der Waals surface area contributed by atoms with Gasteiger partial charge >= 0.3 is 5.97 Å². The molecule has 11 heteroatoms. The molecular weight excluding hydrogens is 540 g/mol. The summed E-state index contributed by atoms with van der Waals surface area (Å²) in [4.78, 5) is 53.3. The number of nitro groups is 1. The molecule has 2 heterocycles. The second-order valence-electron chi connectivity index (χ2n) is 9.76. The molecule has 1 aliphatic heterocycles. The van der Waals surface area contributed by atoms with E-state index in [4.69, 9.17) is 9.15 Å². The van der Waals surface area contributed by atoms with E-state index < -0.39 is 16.8 Å². The fraction of sp³-hybridized carbons (Fsp3) is 0.194. The molecule has 0 atom stereocenters. The molecule has 5 rings (SSSR count). The molecule has 1 N–H and O–H groups in total. The van der Waals surface area contributed by atoms with Crippen LogP contribution in [0.25, 0.3) is 11.3 Å². The van der Waals surface area contributed by atoms with E-state index in [0.717, 1.165) is 5.56 Å². The molecule has 1 aromatic heterocycles. The standard InChI is InChI=1S/C31H28N4O7/c1-20-8-10-23(26(18-20)35(39)40)27-12-13-28(42-27)29(36)32-24-19-22(31(38)41-2)9-11-25(24)33-14-16-34(17-15-33)30(37)21-6-4-3-5-7-21/h3-13,18-19H,14-17H2,1-2H3,(H,32,36). The van der Waals surface area contributed by atoms with Gasteiger partial charge in [0.05, 0.1) is 34.5 Å². The normalized spacial score (nSPS) is 13.0. The maximum Gasteiger partial charge on any atom is 0.337 e. The van der Waals surface area contributed by atoms with Crippen LogP contribution in [-0.4, -0.2) is 60.9 Å². The first-order valence-corrected chi connectivity index (χ1v) is 13.2. The number of carbonyl (C=O) groups is 3. The van der Waals surface area contributed by atoms with Crippen LogP contribution in [0.2, 0.25) is 0 Å². The van der Waals surface area contributed by atoms with Gasteiger partial charge < -0.3 is 24.3 Å². The molecule has 1 aliphatic rings. The van der Waals surface area contributed by atoms with Crippen molar-refractivity contribution in [1.29, 1.82) is 0 Å². The fourth-order valence-corrected chi connectivity index (χ4v) is 4.86. The second kappa shape index (κ2) is 12.0. The van der Waals surface area contributed by atoms with Crippen LogP contribution in [0.1, 0.15) is 36.8 Å².